The lowest BCUT2D eigenvalue weighted by Crippen LogP contribution is -2.35. The molecular weight excluding hydrogens is 268 g/mol. The number of benzene rings is 1. The molecule has 2 rings (SSSR count). The third-order valence-corrected chi connectivity index (χ3v) is 4.84. The highest BCUT2D eigenvalue weighted by Crippen LogP contribution is 2.41. The Morgan fingerprint density at radius 2 is 1.95 bits per heavy atom. The van der Waals surface area contributed by atoms with E-state index in [0.29, 0.717) is 23.8 Å². The van der Waals surface area contributed by atoms with Crippen LogP contribution < -0.4 is 5.32 Å². The van der Waals surface area contributed by atoms with Crippen molar-refractivity contribution in [3.05, 3.63) is 35.4 Å². The lowest BCUT2D eigenvalue weighted by atomic mass is 9.70. The maximum atomic E-state index is 13.6. The molecule has 0 amide bonds. The monoisotopic (exact) mass is 295 g/mol. The van der Waals surface area contributed by atoms with Crippen LogP contribution in [0.1, 0.15) is 57.9 Å². The van der Waals surface area contributed by atoms with E-state index in [-0.39, 0.29) is 0 Å². The molecule has 0 heterocycles. The summed E-state index contributed by atoms with van der Waals surface area (Å²) in [4.78, 5) is 0. The van der Waals surface area contributed by atoms with E-state index < -0.39 is 11.6 Å². The summed E-state index contributed by atoms with van der Waals surface area (Å²) < 4.78 is 26.7. The summed E-state index contributed by atoms with van der Waals surface area (Å²) in [5, 5.41) is 3.51. The van der Waals surface area contributed by atoms with Gasteiger partial charge in [0.05, 0.1) is 0 Å². The quantitative estimate of drug-likeness (QED) is 0.817. The van der Waals surface area contributed by atoms with Gasteiger partial charge in [0, 0.05) is 6.04 Å². The average Bonchev–Trinajstić information content (AvgIpc) is 2.47. The maximum Gasteiger partial charge on any atom is 0.159 e. The minimum atomic E-state index is -0.751. The molecule has 1 N–H and O–H groups in total. The molecule has 3 unspecified atom stereocenters. The third-order valence-electron chi connectivity index (χ3n) is 4.84. The van der Waals surface area contributed by atoms with Crippen molar-refractivity contribution in [3.8, 4) is 0 Å². The highest BCUT2D eigenvalue weighted by molar-refractivity contribution is 5.23. The summed E-state index contributed by atoms with van der Waals surface area (Å²) in [6.07, 6.45) is 4.68. The molecule has 1 aromatic carbocycles. The first-order valence-corrected chi connectivity index (χ1v) is 8.19. The van der Waals surface area contributed by atoms with E-state index in [0.717, 1.165) is 18.5 Å². The van der Waals surface area contributed by atoms with Crippen molar-refractivity contribution >= 4 is 0 Å². The Kier molecular flexibility index (Phi) is 5.74. The van der Waals surface area contributed by atoms with Gasteiger partial charge in [0.2, 0.25) is 0 Å². The molecule has 21 heavy (non-hydrogen) atoms. The molecule has 1 fully saturated rings. The lowest BCUT2D eigenvalue weighted by Gasteiger charge is -2.37. The number of halogens is 2. The first-order chi connectivity index (χ1) is 10.0. The molecule has 1 aromatic rings. The van der Waals surface area contributed by atoms with Crippen LogP contribution in [-0.4, -0.2) is 12.6 Å². The summed E-state index contributed by atoms with van der Waals surface area (Å²) in [7, 11) is 0. The largest absolute Gasteiger partial charge is 0.314 e. The number of hydrogen-bond acceptors (Lipinski definition) is 1. The van der Waals surface area contributed by atoms with Crippen molar-refractivity contribution in [1.82, 2.24) is 5.32 Å². The van der Waals surface area contributed by atoms with Crippen molar-refractivity contribution in [2.24, 2.45) is 11.8 Å². The van der Waals surface area contributed by atoms with Crippen LogP contribution >= 0.6 is 0 Å². The van der Waals surface area contributed by atoms with Crippen molar-refractivity contribution in [2.75, 3.05) is 6.54 Å². The molecule has 3 heteroatoms. The zero-order valence-corrected chi connectivity index (χ0v) is 13.3. The van der Waals surface area contributed by atoms with Gasteiger partial charge in [-0.1, -0.05) is 39.7 Å². The van der Waals surface area contributed by atoms with Gasteiger partial charge >= 0.3 is 0 Å². The van der Waals surface area contributed by atoms with Gasteiger partial charge in [-0.2, -0.15) is 0 Å². The smallest absolute Gasteiger partial charge is 0.159 e. The van der Waals surface area contributed by atoms with E-state index in [2.05, 4.69) is 26.1 Å². The van der Waals surface area contributed by atoms with Gasteiger partial charge in [-0.3, -0.25) is 0 Å². The van der Waals surface area contributed by atoms with Crippen molar-refractivity contribution in [3.63, 3.8) is 0 Å². The molecule has 0 aliphatic heterocycles. The van der Waals surface area contributed by atoms with Crippen molar-refractivity contribution in [1.29, 1.82) is 0 Å². The zero-order valence-electron chi connectivity index (χ0n) is 13.3. The van der Waals surface area contributed by atoms with E-state index in [9.17, 15) is 8.78 Å². The van der Waals surface area contributed by atoms with Gasteiger partial charge in [-0.15, -0.1) is 0 Å². The minimum absolute atomic E-state index is 0.338. The Labute approximate surface area is 127 Å². The van der Waals surface area contributed by atoms with Crippen LogP contribution in [0.2, 0.25) is 0 Å². The molecule has 0 aromatic heterocycles. The summed E-state index contributed by atoms with van der Waals surface area (Å²) in [5.74, 6) is 0.0867. The predicted octanol–water partition coefficient (Wildman–Crippen LogP) is 4.87. The fraction of sp³-hybridized carbons (Fsp3) is 0.667. The topological polar surface area (TPSA) is 12.0 Å². The Morgan fingerprint density at radius 1 is 1.19 bits per heavy atom. The van der Waals surface area contributed by atoms with Gasteiger partial charge < -0.3 is 5.32 Å². The molecule has 0 bridgehead atoms. The van der Waals surface area contributed by atoms with Crippen LogP contribution in [0.25, 0.3) is 0 Å². The van der Waals surface area contributed by atoms with Crippen molar-refractivity contribution in [2.45, 2.75) is 58.4 Å². The van der Waals surface area contributed by atoms with Crippen LogP contribution in [0.5, 0.6) is 0 Å². The van der Waals surface area contributed by atoms with Crippen LogP contribution in [-0.2, 0) is 0 Å². The van der Waals surface area contributed by atoms with E-state index >= 15 is 0 Å². The maximum absolute atomic E-state index is 13.6. The Hall–Kier alpha value is -0.960. The molecule has 1 aliphatic rings. The molecule has 1 aliphatic carbocycles. The lowest BCUT2D eigenvalue weighted by molar-refractivity contribution is 0.222. The highest BCUT2D eigenvalue weighted by atomic mass is 19.2. The summed E-state index contributed by atoms with van der Waals surface area (Å²) in [6.45, 7) is 7.46. The van der Waals surface area contributed by atoms with Crippen LogP contribution in [0, 0.1) is 23.5 Å². The van der Waals surface area contributed by atoms with Crippen LogP contribution in [0.15, 0.2) is 18.2 Å². The van der Waals surface area contributed by atoms with E-state index in [1.807, 2.05) is 0 Å². The highest BCUT2D eigenvalue weighted by Gasteiger charge is 2.31. The molecule has 1 saturated carbocycles. The normalized spacial score (nSPS) is 26.3. The molecule has 0 spiro atoms. The Bertz CT molecular complexity index is 459. The zero-order chi connectivity index (χ0) is 15.4. The first kappa shape index (κ1) is 16.4. The second-order valence-electron chi connectivity index (χ2n) is 6.69. The fourth-order valence-corrected chi connectivity index (χ4v) is 3.47. The van der Waals surface area contributed by atoms with Gasteiger partial charge in [0.25, 0.3) is 0 Å². The SMILES string of the molecule is CCC1CCC(CNC(C)C)C(c2ccc(F)c(F)c2)C1. The van der Waals surface area contributed by atoms with E-state index in [4.69, 9.17) is 0 Å². The van der Waals surface area contributed by atoms with Gasteiger partial charge in [0.15, 0.2) is 11.6 Å². The molecular formula is C18H27F2N. The number of hydrogen-bond donors (Lipinski definition) is 1. The summed E-state index contributed by atoms with van der Waals surface area (Å²) >= 11 is 0. The Morgan fingerprint density at radius 3 is 2.57 bits per heavy atom. The predicted molar refractivity (Wildman–Crippen MR) is 83.4 cm³/mol. The van der Waals surface area contributed by atoms with Gasteiger partial charge in [-0.25, -0.2) is 8.78 Å². The fourth-order valence-electron chi connectivity index (χ4n) is 3.47. The van der Waals surface area contributed by atoms with Gasteiger partial charge in [-0.05, 0) is 54.8 Å². The van der Waals surface area contributed by atoms with E-state index in [1.165, 1.54) is 31.4 Å². The van der Waals surface area contributed by atoms with E-state index in [1.54, 1.807) is 6.07 Å². The number of nitrogens with one attached hydrogen (secondary N) is 1. The summed E-state index contributed by atoms with van der Waals surface area (Å²) in [5.41, 5.74) is 0.961. The minimum Gasteiger partial charge on any atom is -0.314 e. The third kappa shape index (κ3) is 4.26. The van der Waals surface area contributed by atoms with Crippen LogP contribution in [0.3, 0.4) is 0 Å². The van der Waals surface area contributed by atoms with Gasteiger partial charge in [0.1, 0.15) is 0 Å². The molecule has 3 atom stereocenters. The van der Waals surface area contributed by atoms with Crippen LogP contribution in [0.4, 0.5) is 8.78 Å². The molecule has 0 saturated heterocycles. The number of rotatable bonds is 5. The summed E-state index contributed by atoms with van der Waals surface area (Å²) in [6, 6.07) is 4.90. The van der Waals surface area contributed by atoms with Crippen molar-refractivity contribution < 1.29 is 8.78 Å². The second kappa shape index (κ2) is 7.35. The standard InChI is InChI=1S/C18H27F2N/c1-4-13-5-6-15(11-21-12(2)3)16(9-13)14-7-8-17(19)18(20)10-14/h7-8,10,12-13,15-16,21H,4-6,9,11H2,1-3H3. The molecule has 118 valence electrons. The molecule has 1 nitrogen and oxygen atoms in total. The first-order valence-electron chi connectivity index (χ1n) is 8.19. The average molecular weight is 295 g/mol. The second-order valence-corrected chi connectivity index (χ2v) is 6.69. The molecule has 0 radical (unpaired) electrons. The Balaban J connectivity index is 2.17.